The Morgan fingerprint density at radius 2 is 1.85 bits per heavy atom. The molecule has 0 aromatic heterocycles. The molecule has 4 N–H and O–H groups in total. The lowest BCUT2D eigenvalue weighted by atomic mass is 9.97. The van der Waals surface area contributed by atoms with Crippen LogP contribution in [0.2, 0.25) is 0 Å². The van der Waals surface area contributed by atoms with Crippen molar-refractivity contribution < 1.29 is 17.9 Å². The van der Waals surface area contributed by atoms with E-state index in [4.69, 9.17) is 10.5 Å². The average molecular weight is 418 g/mol. The summed E-state index contributed by atoms with van der Waals surface area (Å²) in [5.74, 6) is -0.214. The fourth-order valence-corrected chi connectivity index (χ4v) is 4.69. The van der Waals surface area contributed by atoms with E-state index < -0.39 is 10.0 Å². The predicted molar refractivity (Wildman–Crippen MR) is 106 cm³/mol. The second kappa shape index (κ2) is 9.34. The van der Waals surface area contributed by atoms with E-state index in [0.29, 0.717) is 18.7 Å². The smallest absolute Gasteiger partial charge is 0.251 e. The van der Waals surface area contributed by atoms with Gasteiger partial charge in [-0.25, -0.2) is 13.1 Å². The zero-order valence-electron chi connectivity index (χ0n) is 15.3. The molecule has 1 aliphatic heterocycles. The highest BCUT2D eigenvalue weighted by Crippen LogP contribution is 2.29. The number of halogens is 1. The summed E-state index contributed by atoms with van der Waals surface area (Å²) < 4.78 is 32.7. The molecule has 1 atom stereocenters. The molecule has 1 unspecified atom stereocenters. The van der Waals surface area contributed by atoms with E-state index in [9.17, 15) is 13.2 Å². The van der Waals surface area contributed by atoms with Crippen LogP contribution in [0.5, 0.6) is 0 Å². The van der Waals surface area contributed by atoms with Crippen molar-refractivity contribution in [2.24, 2.45) is 5.73 Å². The maximum Gasteiger partial charge on any atom is 0.251 e. The summed E-state index contributed by atoms with van der Waals surface area (Å²) in [6, 6.07) is 5.98. The standard InChI is InChI=1S/C18H27N3O4S.ClH/c19-13-18(9-1-2-10-18)21-17(22)14-5-7-16(8-6-14)26(23,24)20-12-15-4-3-11-25-15;/h5-8,15,20H,1-4,9-13,19H2,(H,21,22);1H. The molecule has 2 aliphatic rings. The molecular weight excluding hydrogens is 390 g/mol. The maximum absolute atomic E-state index is 12.5. The van der Waals surface area contributed by atoms with E-state index in [-0.39, 0.29) is 41.4 Å². The number of hydrogen-bond donors (Lipinski definition) is 3. The normalized spacial score (nSPS) is 21.6. The van der Waals surface area contributed by atoms with Crippen molar-refractivity contribution in [3.05, 3.63) is 29.8 Å². The van der Waals surface area contributed by atoms with Crippen LogP contribution in [0, 0.1) is 0 Å². The summed E-state index contributed by atoms with van der Waals surface area (Å²) in [6.07, 6.45) is 5.65. The Labute approximate surface area is 166 Å². The van der Waals surface area contributed by atoms with Crippen LogP contribution in [-0.2, 0) is 14.8 Å². The maximum atomic E-state index is 12.5. The molecule has 9 heteroatoms. The van der Waals surface area contributed by atoms with E-state index in [0.717, 1.165) is 38.5 Å². The summed E-state index contributed by atoms with van der Waals surface area (Å²) >= 11 is 0. The molecular formula is C18H28ClN3O4S. The van der Waals surface area contributed by atoms with Gasteiger partial charge in [0.1, 0.15) is 0 Å². The fourth-order valence-electron chi connectivity index (χ4n) is 3.62. The molecule has 0 radical (unpaired) electrons. The summed E-state index contributed by atoms with van der Waals surface area (Å²) in [5.41, 5.74) is 5.95. The first kappa shape index (κ1) is 22.1. The van der Waals surface area contributed by atoms with Gasteiger partial charge in [0.15, 0.2) is 0 Å². The molecule has 1 heterocycles. The van der Waals surface area contributed by atoms with E-state index in [1.54, 1.807) is 0 Å². The molecule has 1 aliphatic carbocycles. The van der Waals surface area contributed by atoms with Crippen molar-refractivity contribution in [2.75, 3.05) is 19.7 Å². The van der Waals surface area contributed by atoms with Crippen LogP contribution in [0.4, 0.5) is 0 Å². The van der Waals surface area contributed by atoms with Crippen molar-refractivity contribution in [1.82, 2.24) is 10.0 Å². The van der Waals surface area contributed by atoms with E-state index in [1.165, 1.54) is 24.3 Å². The molecule has 1 saturated heterocycles. The van der Waals surface area contributed by atoms with Gasteiger partial charge in [0.05, 0.1) is 16.5 Å². The van der Waals surface area contributed by atoms with Crippen molar-refractivity contribution in [2.45, 2.75) is 55.1 Å². The molecule has 152 valence electrons. The van der Waals surface area contributed by atoms with Crippen LogP contribution in [0.15, 0.2) is 29.2 Å². The zero-order valence-corrected chi connectivity index (χ0v) is 16.9. The number of rotatable bonds is 7. The zero-order chi connectivity index (χ0) is 18.6. The van der Waals surface area contributed by atoms with Gasteiger partial charge in [-0.2, -0.15) is 0 Å². The molecule has 2 fully saturated rings. The monoisotopic (exact) mass is 417 g/mol. The number of benzene rings is 1. The minimum Gasteiger partial charge on any atom is -0.377 e. The third kappa shape index (κ3) is 5.42. The summed E-state index contributed by atoms with van der Waals surface area (Å²) in [6.45, 7) is 1.36. The van der Waals surface area contributed by atoms with Crippen molar-refractivity contribution >= 4 is 28.3 Å². The lowest BCUT2D eigenvalue weighted by molar-refractivity contribution is 0.0903. The number of carbonyl (C=O) groups is 1. The van der Waals surface area contributed by atoms with Crippen LogP contribution >= 0.6 is 12.4 Å². The molecule has 7 nitrogen and oxygen atoms in total. The fraction of sp³-hybridized carbons (Fsp3) is 0.611. The Balaban J connectivity index is 0.00000261. The molecule has 1 aromatic carbocycles. The van der Waals surface area contributed by atoms with Crippen LogP contribution < -0.4 is 15.8 Å². The lowest BCUT2D eigenvalue weighted by Crippen LogP contribution is -2.51. The summed E-state index contributed by atoms with van der Waals surface area (Å²) in [4.78, 5) is 12.6. The van der Waals surface area contributed by atoms with Crippen LogP contribution in [0.3, 0.4) is 0 Å². The minimum atomic E-state index is -3.61. The molecule has 1 aromatic rings. The van der Waals surface area contributed by atoms with Crippen molar-refractivity contribution in [3.8, 4) is 0 Å². The van der Waals surface area contributed by atoms with Gasteiger partial charge in [-0.15, -0.1) is 12.4 Å². The van der Waals surface area contributed by atoms with Gasteiger partial charge in [0.2, 0.25) is 10.0 Å². The van der Waals surface area contributed by atoms with E-state index in [2.05, 4.69) is 10.0 Å². The number of ether oxygens (including phenoxy) is 1. The Hall–Kier alpha value is -1.19. The Bertz CT molecular complexity index is 727. The van der Waals surface area contributed by atoms with Gasteiger partial charge in [-0.1, -0.05) is 12.8 Å². The van der Waals surface area contributed by atoms with Gasteiger partial charge in [0.25, 0.3) is 5.91 Å². The Morgan fingerprint density at radius 1 is 1.19 bits per heavy atom. The second-order valence-corrected chi connectivity index (χ2v) is 8.92. The summed E-state index contributed by atoms with van der Waals surface area (Å²) in [5, 5.41) is 3.03. The van der Waals surface area contributed by atoms with Crippen LogP contribution in [0.1, 0.15) is 48.9 Å². The predicted octanol–water partition coefficient (Wildman–Crippen LogP) is 1.57. The highest BCUT2D eigenvalue weighted by atomic mass is 35.5. The molecule has 0 bridgehead atoms. The Morgan fingerprint density at radius 3 is 2.41 bits per heavy atom. The van der Waals surface area contributed by atoms with Gasteiger partial charge >= 0.3 is 0 Å². The second-order valence-electron chi connectivity index (χ2n) is 7.16. The number of amides is 1. The first-order chi connectivity index (χ1) is 12.4. The van der Waals surface area contributed by atoms with Gasteiger partial charge in [0, 0.05) is 25.3 Å². The SMILES string of the molecule is Cl.NCC1(NC(=O)c2ccc(S(=O)(=O)NCC3CCCO3)cc2)CCCC1. The number of hydrogen-bond acceptors (Lipinski definition) is 5. The molecule has 27 heavy (non-hydrogen) atoms. The largest absolute Gasteiger partial charge is 0.377 e. The number of nitrogens with one attached hydrogen (secondary N) is 2. The quantitative estimate of drug-likeness (QED) is 0.623. The first-order valence-electron chi connectivity index (χ1n) is 9.18. The van der Waals surface area contributed by atoms with Gasteiger partial charge < -0.3 is 15.8 Å². The third-order valence-electron chi connectivity index (χ3n) is 5.28. The molecule has 1 saturated carbocycles. The molecule has 0 spiro atoms. The van der Waals surface area contributed by atoms with E-state index >= 15 is 0 Å². The van der Waals surface area contributed by atoms with Crippen molar-refractivity contribution in [1.29, 1.82) is 0 Å². The Kier molecular flexibility index (Phi) is 7.64. The molecule has 3 rings (SSSR count). The lowest BCUT2D eigenvalue weighted by Gasteiger charge is -2.28. The highest BCUT2D eigenvalue weighted by Gasteiger charge is 2.34. The molecule has 1 amide bonds. The topological polar surface area (TPSA) is 111 Å². The number of nitrogens with two attached hydrogens (primary N) is 1. The number of carbonyl (C=O) groups excluding carboxylic acids is 1. The van der Waals surface area contributed by atoms with E-state index in [1.807, 2.05) is 0 Å². The average Bonchev–Trinajstić information content (AvgIpc) is 3.32. The van der Waals surface area contributed by atoms with Crippen LogP contribution in [-0.4, -0.2) is 45.7 Å². The first-order valence-corrected chi connectivity index (χ1v) is 10.7. The van der Waals surface area contributed by atoms with Gasteiger partial charge in [-0.3, -0.25) is 4.79 Å². The van der Waals surface area contributed by atoms with Gasteiger partial charge in [-0.05, 0) is 49.9 Å². The van der Waals surface area contributed by atoms with Crippen molar-refractivity contribution in [3.63, 3.8) is 0 Å². The van der Waals surface area contributed by atoms with Crippen LogP contribution in [0.25, 0.3) is 0 Å². The highest BCUT2D eigenvalue weighted by molar-refractivity contribution is 7.89. The third-order valence-corrected chi connectivity index (χ3v) is 6.72. The minimum absolute atomic E-state index is 0. The summed E-state index contributed by atoms with van der Waals surface area (Å²) in [7, 11) is -3.61. The number of sulfonamides is 1.